The number of aryl methyl sites for hydroxylation is 4. The number of phenolic OH excluding ortho intramolecular Hbond substituents is 1. The maximum Gasteiger partial charge on any atom is 0.163 e. The van der Waals surface area contributed by atoms with Crippen molar-refractivity contribution in [1.29, 1.82) is 0 Å². The number of hydrogen-bond acceptors (Lipinski definition) is 8. The molecule has 0 saturated carbocycles. The highest BCUT2D eigenvalue weighted by Crippen LogP contribution is 2.32. The van der Waals surface area contributed by atoms with Gasteiger partial charge in [0.15, 0.2) is 17.3 Å². The van der Waals surface area contributed by atoms with Gasteiger partial charge in [0.25, 0.3) is 0 Å². The summed E-state index contributed by atoms with van der Waals surface area (Å²) in [5.41, 5.74) is 13.6. The number of allylic oxidation sites excluding steroid dienone is 1. The zero-order valence-electron chi connectivity index (χ0n) is 33.2. The number of benzene rings is 3. The average molecular weight is 760 g/mol. The highest BCUT2D eigenvalue weighted by molar-refractivity contribution is 6.06. The topological polar surface area (TPSA) is 135 Å². The summed E-state index contributed by atoms with van der Waals surface area (Å²) in [7, 11) is 1.49. The Kier molecular flexibility index (Phi) is 17.2. The monoisotopic (exact) mass is 759 g/mol. The SMILES string of the molecule is COc1cc(C=CC(=O)CC(=O)CCC[C@H](CCCO)CCC2CCNCC2)c(Cc2cnc(N)cc2CCc2cccc(CCc3ccccc3)c2)cc1O. The number of aromatic hydroxyl groups is 1. The van der Waals surface area contributed by atoms with Gasteiger partial charge in [-0.3, -0.25) is 9.59 Å². The van der Waals surface area contributed by atoms with E-state index in [4.69, 9.17) is 10.5 Å². The number of pyridine rings is 1. The smallest absolute Gasteiger partial charge is 0.163 e. The minimum Gasteiger partial charge on any atom is -0.504 e. The van der Waals surface area contributed by atoms with Crippen LogP contribution >= 0.6 is 0 Å². The number of carbonyl (C=O) groups excluding carboxylic acids is 2. The molecule has 5 rings (SSSR count). The third kappa shape index (κ3) is 14.1. The summed E-state index contributed by atoms with van der Waals surface area (Å²) >= 11 is 0. The minimum atomic E-state index is -0.253. The number of nitrogens with two attached hydrogens (primary N) is 1. The molecule has 4 aromatic rings. The molecule has 3 aromatic carbocycles. The molecule has 0 aliphatic carbocycles. The van der Waals surface area contributed by atoms with E-state index in [0.717, 1.165) is 99.0 Å². The van der Waals surface area contributed by atoms with Crippen LogP contribution in [0.5, 0.6) is 11.5 Å². The summed E-state index contributed by atoms with van der Waals surface area (Å²) in [5.74, 6) is 1.72. The number of ether oxygens (including phenoxy) is 1. The second kappa shape index (κ2) is 22.7. The van der Waals surface area contributed by atoms with Crippen molar-refractivity contribution in [2.45, 2.75) is 96.3 Å². The van der Waals surface area contributed by atoms with E-state index in [1.54, 1.807) is 24.4 Å². The number of phenols is 1. The molecule has 0 spiro atoms. The number of carbonyl (C=O) groups is 2. The van der Waals surface area contributed by atoms with Crippen LogP contribution in [-0.2, 0) is 41.7 Å². The molecule has 1 fully saturated rings. The molecule has 1 aliphatic heterocycles. The number of hydrogen-bond donors (Lipinski definition) is 4. The van der Waals surface area contributed by atoms with Gasteiger partial charge in [0.1, 0.15) is 11.6 Å². The Bertz CT molecular complexity index is 1870. The van der Waals surface area contributed by atoms with E-state index < -0.39 is 0 Å². The normalized spacial score (nSPS) is 13.9. The second-order valence-electron chi connectivity index (χ2n) is 15.5. The van der Waals surface area contributed by atoms with E-state index in [2.05, 4.69) is 58.8 Å². The Morgan fingerprint density at radius 3 is 2.34 bits per heavy atom. The molecule has 0 amide bonds. The van der Waals surface area contributed by atoms with Gasteiger partial charge in [-0.2, -0.15) is 0 Å². The Morgan fingerprint density at radius 1 is 0.875 bits per heavy atom. The van der Waals surface area contributed by atoms with Gasteiger partial charge < -0.3 is 26.0 Å². The number of aromatic nitrogens is 1. The van der Waals surface area contributed by atoms with Gasteiger partial charge in [-0.25, -0.2) is 4.98 Å². The van der Waals surface area contributed by atoms with Crippen LogP contribution in [0.15, 0.2) is 85.1 Å². The van der Waals surface area contributed by atoms with Crippen molar-refractivity contribution >= 4 is 23.5 Å². The molecule has 1 aromatic heterocycles. The molecular weight excluding hydrogens is 699 g/mol. The number of piperidine rings is 1. The molecule has 8 nitrogen and oxygen atoms in total. The zero-order chi connectivity index (χ0) is 39.5. The number of nitrogens with zero attached hydrogens (tertiary/aromatic N) is 1. The first kappa shape index (κ1) is 42.4. The van der Waals surface area contributed by atoms with Crippen molar-refractivity contribution < 1.29 is 24.5 Å². The molecule has 0 bridgehead atoms. The molecular formula is C48H61N3O5. The van der Waals surface area contributed by atoms with E-state index in [1.807, 2.05) is 12.1 Å². The first-order valence-corrected chi connectivity index (χ1v) is 20.6. The second-order valence-corrected chi connectivity index (χ2v) is 15.5. The maximum atomic E-state index is 13.0. The average Bonchev–Trinajstić information content (AvgIpc) is 3.21. The summed E-state index contributed by atoms with van der Waals surface area (Å²) in [6, 6.07) is 24.6. The van der Waals surface area contributed by atoms with Gasteiger partial charge in [-0.05, 0) is 152 Å². The Labute approximate surface area is 333 Å². The molecule has 1 aliphatic rings. The highest BCUT2D eigenvalue weighted by atomic mass is 16.5. The van der Waals surface area contributed by atoms with Gasteiger partial charge >= 0.3 is 0 Å². The van der Waals surface area contributed by atoms with Crippen molar-refractivity contribution in [3.8, 4) is 11.5 Å². The van der Waals surface area contributed by atoms with Crippen molar-refractivity contribution in [3.05, 3.63) is 124 Å². The molecule has 2 heterocycles. The van der Waals surface area contributed by atoms with E-state index in [-0.39, 0.29) is 30.3 Å². The van der Waals surface area contributed by atoms with Crippen LogP contribution in [0.3, 0.4) is 0 Å². The van der Waals surface area contributed by atoms with E-state index in [9.17, 15) is 19.8 Å². The number of aliphatic hydroxyl groups is 1. The highest BCUT2D eigenvalue weighted by Gasteiger charge is 2.18. The number of nitrogens with one attached hydrogen (secondary N) is 1. The first-order valence-electron chi connectivity index (χ1n) is 20.6. The van der Waals surface area contributed by atoms with Crippen molar-refractivity contribution in [2.24, 2.45) is 11.8 Å². The molecule has 8 heteroatoms. The third-order valence-corrected chi connectivity index (χ3v) is 11.2. The van der Waals surface area contributed by atoms with Gasteiger partial charge in [-0.15, -0.1) is 0 Å². The fraction of sp³-hybridized carbons (Fsp3) is 0.438. The summed E-state index contributed by atoms with van der Waals surface area (Å²) in [6.45, 7) is 2.39. The fourth-order valence-corrected chi connectivity index (χ4v) is 7.96. The van der Waals surface area contributed by atoms with Crippen LogP contribution in [-0.4, -0.2) is 53.6 Å². The molecule has 56 heavy (non-hydrogen) atoms. The van der Waals surface area contributed by atoms with Crippen LogP contribution in [0.1, 0.15) is 103 Å². The lowest BCUT2D eigenvalue weighted by Gasteiger charge is -2.25. The summed E-state index contributed by atoms with van der Waals surface area (Å²) in [5, 5.41) is 23.6. The number of methoxy groups -OCH3 is 1. The van der Waals surface area contributed by atoms with Crippen LogP contribution in [0.2, 0.25) is 0 Å². The standard InChI is InChI=1S/C48H61N3O5/c1-56-47-31-40(21-22-45(54)33-44(53)14-6-10-36(13-7-27-52)15-16-37-23-25-50-26-24-37)42(30-46(47)55)29-43-34-51-48(49)32-41(43)20-19-39-12-5-11-38(28-39)18-17-35-8-3-2-4-9-35/h2-5,8-9,11-12,21-22,28,30-32,34,36-37,50,52,55H,6-7,10,13-20,23-27,29,33H2,1H3,(H2,49,51)/t36-/m1/s1. The molecule has 0 unspecified atom stereocenters. The van der Waals surface area contributed by atoms with E-state index in [1.165, 1.54) is 49.1 Å². The summed E-state index contributed by atoms with van der Waals surface area (Å²) in [6.07, 6.45) is 17.5. The molecule has 1 atom stereocenters. The molecule has 5 N–H and O–H groups in total. The minimum absolute atomic E-state index is 0.00599. The van der Waals surface area contributed by atoms with E-state index >= 15 is 0 Å². The zero-order valence-corrected chi connectivity index (χ0v) is 33.2. The van der Waals surface area contributed by atoms with Crippen molar-refractivity contribution in [1.82, 2.24) is 10.3 Å². The summed E-state index contributed by atoms with van der Waals surface area (Å²) < 4.78 is 5.41. The Morgan fingerprint density at radius 2 is 1.59 bits per heavy atom. The van der Waals surface area contributed by atoms with Gasteiger partial charge in [0, 0.05) is 19.2 Å². The molecule has 1 saturated heterocycles. The number of aliphatic hydroxyl groups excluding tert-OH is 1. The van der Waals surface area contributed by atoms with Crippen molar-refractivity contribution in [3.63, 3.8) is 0 Å². The van der Waals surface area contributed by atoms with Gasteiger partial charge in [-0.1, -0.05) is 79.9 Å². The number of nitrogen functional groups attached to an aromatic ring is 1. The third-order valence-electron chi connectivity index (χ3n) is 11.2. The lowest BCUT2D eigenvalue weighted by atomic mass is 9.85. The largest absolute Gasteiger partial charge is 0.504 e. The molecule has 0 radical (unpaired) electrons. The Hall–Kier alpha value is -4.79. The summed E-state index contributed by atoms with van der Waals surface area (Å²) in [4.78, 5) is 30.3. The van der Waals surface area contributed by atoms with Gasteiger partial charge in [0.05, 0.1) is 13.5 Å². The maximum absolute atomic E-state index is 13.0. The van der Waals surface area contributed by atoms with Crippen LogP contribution < -0.4 is 15.8 Å². The number of Topliss-reactive ketones (excluding diaryl/α,β-unsaturated/α-hetero) is 1. The van der Waals surface area contributed by atoms with Crippen LogP contribution in [0.25, 0.3) is 6.08 Å². The van der Waals surface area contributed by atoms with Crippen molar-refractivity contribution in [2.75, 3.05) is 32.5 Å². The number of rotatable bonds is 23. The van der Waals surface area contributed by atoms with Crippen LogP contribution in [0, 0.1) is 11.8 Å². The quantitative estimate of drug-likeness (QED) is 0.0438. The Balaban J connectivity index is 1.18. The lowest BCUT2D eigenvalue weighted by Crippen LogP contribution is -2.28. The predicted octanol–water partition coefficient (Wildman–Crippen LogP) is 8.42. The van der Waals surface area contributed by atoms with Gasteiger partial charge in [0.2, 0.25) is 0 Å². The van der Waals surface area contributed by atoms with Crippen LogP contribution in [0.4, 0.5) is 5.82 Å². The number of ketones is 2. The fourth-order valence-electron chi connectivity index (χ4n) is 7.96. The first-order chi connectivity index (χ1) is 27.3. The lowest BCUT2D eigenvalue weighted by molar-refractivity contribution is -0.124. The van der Waals surface area contributed by atoms with E-state index in [0.29, 0.717) is 30.3 Å². The number of anilines is 1. The predicted molar refractivity (Wildman–Crippen MR) is 226 cm³/mol. The molecule has 298 valence electrons.